The van der Waals surface area contributed by atoms with Crippen molar-refractivity contribution in [3.63, 3.8) is 0 Å². The van der Waals surface area contributed by atoms with Gasteiger partial charge in [-0.25, -0.2) is 4.39 Å². The Labute approximate surface area is 171 Å². The normalized spacial score (nSPS) is 14.8. The Kier molecular flexibility index (Phi) is 5.50. The van der Waals surface area contributed by atoms with Crippen LogP contribution in [-0.4, -0.2) is 37.9 Å². The van der Waals surface area contributed by atoms with Crippen LogP contribution in [0.25, 0.3) is 10.7 Å². The van der Waals surface area contributed by atoms with E-state index in [1.807, 2.05) is 30.5 Å². The van der Waals surface area contributed by atoms with Crippen molar-refractivity contribution in [3.8, 4) is 10.7 Å². The molecule has 1 aromatic carbocycles. The Morgan fingerprint density at radius 1 is 1.36 bits per heavy atom. The summed E-state index contributed by atoms with van der Waals surface area (Å²) in [6.45, 7) is 2.25. The van der Waals surface area contributed by atoms with Crippen molar-refractivity contribution in [3.05, 3.63) is 53.2 Å². The van der Waals surface area contributed by atoms with Gasteiger partial charge in [-0.15, -0.1) is 21.5 Å². The predicted molar refractivity (Wildman–Crippen MR) is 110 cm³/mol. The Hall–Kier alpha value is -2.19. The fraction of sp³-hybridized carbons (Fsp3) is 0.350. The van der Waals surface area contributed by atoms with Gasteiger partial charge in [0.15, 0.2) is 11.0 Å². The number of aromatic nitrogens is 3. The summed E-state index contributed by atoms with van der Waals surface area (Å²) in [7, 11) is 1.74. The molecule has 0 bridgehead atoms. The number of thioether (sulfide) groups is 1. The van der Waals surface area contributed by atoms with Gasteiger partial charge in [-0.2, -0.15) is 0 Å². The first-order chi connectivity index (χ1) is 13.5. The summed E-state index contributed by atoms with van der Waals surface area (Å²) in [6, 6.07) is 10.8. The second kappa shape index (κ2) is 8.05. The molecule has 0 aliphatic heterocycles. The maximum absolute atomic E-state index is 13.4. The van der Waals surface area contributed by atoms with Gasteiger partial charge in [0.25, 0.3) is 0 Å². The summed E-state index contributed by atoms with van der Waals surface area (Å²) in [5.41, 5.74) is 0.772. The van der Waals surface area contributed by atoms with E-state index in [1.54, 1.807) is 29.4 Å². The summed E-state index contributed by atoms with van der Waals surface area (Å²) in [6.07, 6.45) is 2.23. The zero-order valence-electron chi connectivity index (χ0n) is 15.7. The highest BCUT2D eigenvalue weighted by Crippen LogP contribution is 2.42. The van der Waals surface area contributed by atoms with Crippen LogP contribution in [0.5, 0.6) is 0 Å². The van der Waals surface area contributed by atoms with Crippen molar-refractivity contribution in [2.45, 2.75) is 42.8 Å². The summed E-state index contributed by atoms with van der Waals surface area (Å²) in [5.74, 6) is 0.574. The van der Waals surface area contributed by atoms with E-state index in [0.29, 0.717) is 12.6 Å². The SMILES string of the molecule is CC(Sc1nnc(-c2cccs2)n1C1CC1)C(=O)N(C)Cc1cccc(F)c1. The first-order valence-electron chi connectivity index (χ1n) is 9.18. The Bertz CT molecular complexity index is 969. The first-order valence-corrected chi connectivity index (χ1v) is 10.9. The molecular formula is C20H21FN4OS2. The molecule has 0 N–H and O–H groups in total. The number of nitrogens with zero attached hydrogens (tertiary/aromatic N) is 4. The third-order valence-corrected chi connectivity index (χ3v) is 6.54. The van der Waals surface area contributed by atoms with E-state index in [-0.39, 0.29) is 17.0 Å². The van der Waals surface area contributed by atoms with Crippen LogP contribution in [0.4, 0.5) is 4.39 Å². The molecule has 5 nitrogen and oxygen atoms in total. The number of rotatable bonds is 7. The molecule has 2 aromatic heterocycles. The number of hydrogen-bond acceptors (Lipinski definition) is 5. The zero-order chi connectivity index (χ0) is 19.7. The van der Waals surface area contributed by atoms with Crippen molar-refractivity contribution in [1.82, 2.24) is 19.7 Å². The molecule has 3 aromatic rings. The number of hydrogen-bond donors (Lipinski definition) is 0. The first kappa shape index (κ1) is 19.1. The molecule has 1 fully saturated rings. The molecule has 1 amide bonds. The Morgan fingerprint density at radius 2 is 2.18 bits per heavy atom. The van der Waals surface area contributed by atoms with Crippen LogP contribution in [0.1, 0.15) is 31.4 Å². The van der Waals surface area contributed by atoms with Gasteiger partial charge in [0, 0.05) is 19.6 Å². The number of carbonyl (C=O) groups excluding carboxylic acids is 1. The highest BCUT2D eigenvalue weighted by Gasteiger charge is 2.32. The number of halogens is 1. The van der Waals surface area contributed by atoms with Gasteiger partial charge in [0.2, 0.25) is 5.91 Å². The quantitative estimate of drug-likeness (QED) is 0.528. The molecule has 0 spiro atoms. The standard InChI is InChI=1S/C20H21FN4OS2/c1-13(19(26)24(2)12-14-5-3-6-15(21)11-14)28-20-23-22-18(17-7-4-10-27-17)25(20)16-8-9-16/h3-7,10-11,13,16H,8-9,12H2,1-2H3. The predicted octanol–water partition coefficient (Wildman–Crippen LogP) is 4.62. The molecule has 1 unspecified atom stereocenters. The molecule has 1 aliphatic rings. The van der Waals surface area contributed by atoms with E-state index in [9.17, 15) is 9.18 Å². The molecule has 28 heavy (non-hydrogen) atoms. The van der Waals surface area contributed by atoms with Gasteiger partial charge < -0.3 is 4.90 Å². The number of carbonyl (C=O) groups is 1. The van der Waals surface area contributed by atoms with E-state index >= 15 is 0 Å². The fourth-order valence-electron chi connectivity index (χ4n) is 3.10. The summed E-state index contributed by atoms with van der Waals surface area (Å²) < 4.78 is 15.6. The summed E-state index contributed by atoms with van der Waals surface area (Å²) >= 11 is 3.08. The third kappa shape index (κ3) is 4.12. The molecule has 146 valence electrons. The topological polar surface area (TPSA) is 51.0 Å². The van der Waals surface area contributed by atoms with Crippen molar-refractivity contribution < 1.29 is 9.18 Å². The minimum Gasteiger partial charge on any atom is -0.340 e. The minimum atomic E-state index is -0.309. The lowest BCUT2D eigenvalue weighted by Gasteiger charge is -2.21. The molecule has 4 rings (SSSR count). The lowest BCUT2D eigenvalue weighted by Crippen LogP contribution is -2.33. The monoisotopic (exact) mass is 416 g/mol. The number of thiophene rings is 1. The molecule has 1 atom stereocenters. The van der Waals surface area contributed by atoms with Crippen LogP contribution in [0.2, 0.25) is 0 Å². The molecular weight excluding hydrogens is 395 g/mol. The Balaban J connectivity index is 1.47. The van der Waals surface area contributed by atoms with Crippen molar-refractivity contribution in [1.29, 1.82) is 0 Å². The van der Waals surface area contributed by atoms with E-state index in [2.05, 4.69) is 14.8 Å². The molecule has 8 heteroatoms. The lowest BCUT2D eigenvalue weighted by atomic mass is 10.2. The van der Waals surface area contributed by atoms with Crippen LogP contribution >= 0.6 is 23.1 Å². The van der Waals surface area contributed by atoms with E-state index in [0.717, 1.165) is 34.3 Å². The second-order valence-electron chi connectivity index (χ2n) is 6.97. The van der Waals surface area contributed by atoms with Crippen LogP contribution in [0, 0.1) is 5.82 Å². The maximum atomic E-state index is 13.4. The second-order valence-corrected chi connectivity index (χ2v) is 9.22. The molecule has 1 aliphatic carbocycles. The molecule has 0 saturated heterocycles. The van der Waals surface area contributed by atoms with Crippen molar-refractivity contribution in [2.24, 2.45) is 0 Å². The number of benzene rings is 1. The molecule has 0 radical (unpaired) electrons. The minimum absolute atomic E-state index is 0.0164. The van der Waals surface area contributed by atoms with Gasteiger partial charge in [0.1, 0.15) is 5.82 Å². The number of amides is 1. The Morgan fingerprint density at radius 3 is 2.86 bits per heavy atom. The largest absolute Gasteiger partial charge is 0.340 e. The average Bonchev–Trinajstić information content (AvgIpc) is 3.19. The van der Waals surface area contributed by atoms with Gasteiger partial charge in [0.05, 0.1) is 10.1 Å². The van der Waals surface area contributed by atoms with Gasteiger partial charge >= 0.3 is 0 Å². The third-order valence-electron chi connectivity index (χ3n) is 4.63. The van der Waals surface area contributed by atoms with Gasteiger partial charge in [-0.05, 0) is 48.9 Å². The van der Waals surface area contributed by atoms with Crippen LogP contribution in [0.15, 0.2) is 46.9 Å². The highest BCUT2D eigenvalue weighted by molar-refractivity contribution is 8.00. The van der Waals surface area contributed by atoms with Crippen molar-refractivity contribution in [2.75, 3.05) is 7.05 Å². The van der Waals surface area contributed by atoms with E-state index in [1.165, 1.54) is 23.9 Å². The summed E-state index contributed by atoms with van der Waals surface area (Å²) in [5, 5.41) is 11.3. The van der Waals surface area contributed by atoms with Crippen LogP contribution in [0.3, 0.4) is 0 Å². The summed E-state index contributed by atoms with van der Waals surface area (Å²) in [4.78, 5) is 15.5. The van der Waals surface area contributed by atoms with Crippen molar-refractivity contribution >= 4 is 29.0 Å². The maximum Gasteiger partial charge on any atom is 0.235 e. The lowest BCUT2D eigenvalue weighted by molar-refractivity contribution is -0.129. The smallest absolute Gasteiger partial charge is 0.235 e. The van der Waals surface area contributed by atoms with E-state index < -0.39 is 0 Å². The van der Waals surface area contributed by atoms with E-state index in [4.69, 9.17) is 0 Å². The average molecular weight is 417 g/mol. The van der Waals surface area contributed by atoms with Gasteiger partial charge in [-0.1, -0.05) is 30.0 Å². The fourth-order valence-corrected chi connectivity index (χ4v) is 4.84. The van der Waals surface area contributed by atoms with Gasteiger partial charge in [-0.3, -0.25) is 9.36 Å². The molecule has 1 saturated carbocycles. The molecule has 2 heterocycles. The van der Waals surface area contributed by atoms with Crippen LogP contribution < -0.4 is 0 Å². The highest BCUT2D eigenvalue weighted by atomic mass is 32.2. The zero-order valence-corrected chi connectivity index (χ0v) is 17.3. The van der Waals surface area contributed by atoms with Crippen LogP contribution in [-0.2, 0) is 11.3 Å².